The van der Waals surface area contributed by atoms with Crippen LogP contribution in [0, 0.1) is 0 Å². The fourth-order valence-electron chi connectivity index (χ4n) is 2.30. The lowest BCUT2D eigenvalue weighted by atomic mass is 10.2. The number of aliphatic hydroxyl groups is 1. The van der Waals surface area contributed by atoms with E-state index in [1.165, 1.54) is 6.26 Å². The Kier molecular flexibility index (Phi) is 4.21. The van der Waals surface area contributed by atoms with Gasteiger partial charge in [0.25, 0.3) is 5.91 Å². The molecule has 1 aromatic heterocycles. The standard InChI is InChI=1S/C13H18N2O4/c1-9(14-12(17)11-5-3-7-19-11)13(18)15-6-2-4-10(15)8-16/h3,5,7,9-10,16H,2,4,6,8H2,1H3,(H,14,17)/t9?,10-/m0/s1. The van der Waals surface area contributed by atoms with Gasteiger partial charge in [-0.2, -0.15) is 0 Å². The van der Waals surface area contributed by atoms with Gasteiger partial charge in [0, 0.05) is 6.54 Å². The third kappa shape index (κ3) is 2.96. The number of amides is 2. The summed E-state index contributed by atoms with van der Waals surface area (Å²) in [5, 5.41) is 11.8. The molecule has 0 aromatic carbocycles. The Morgan fingerprint density at radius 3 is 3.05 bits per heavy atom. The number of carbonyl (C=O) groups is 2. The van der Waals surface area contributed by atoms with Gasteiger partial charge in [0.1, 0.15) is 6.04 Å². The van der Waals surface area contributed by atoms with Gasteiger partial charge >= 0.3 is 0 Å². The van der Waals surface area contributed by atoms with E-state index >= 15 is 0 Å². The van der Waals surface area contributed by atoms with E-state index in [9.17, 15) is 14.7 Å². The van der Waals surface area contributed by atoms with Crippen molar-refractivity contribution in [3.8, 4) is 0 Å². The van der Waals surface area contributed by atoms with E-state index in [-0.39, 0.29) is 24.3 Å². The van der Waals surface area contributed by atoms with E-state index in [4.69, 9.17) is 4.42 Å². The van der Waals surface area contributed by atoms with Crippen molar-refractivity contribution in [1.29, 1.82) is 0 Å². The van der Waals surface area contributed by atoms with Crippen molar-refractivity contribution in [2.45, 2.75) is 31.8 Å². The van der Waals surface area contributed by atoms with Crippen LogP contribution in [0.15, 0.2) is 22.8 Å². The molecule has 2 atom stereocenters. The molecule has 2 heterocycles. The second-order valence-electron chi connectivity index (χ2n) is 4.68. The molecule has 1 aliphatic heterocycles. The molecule has 0 aliphatic carbocycles. The highest BCUT2D eigenvalue weighted by atomic mass is 16.3. The highest BCUT2D eigenvalue weighted by Crippen LogP contribution is 2.17. The summed E-state index contributed by atoms with van der Waals surface area (Å²) in [6, 6.07) is 2.39. The average Bonchev–Trinajstić information content (AvgIpc) is 3.08. The molecule has 1 fully saturated rings. The first-order chi connectivity index (χ1) is 9.13. The van der Waals surface area contributed by atoms with Crippen molar-refractivity contribution in [2.75, 3.05) is 13.2 Å². The molecule has 0 radical (unpaired) electrons. The normalized spacial score (nSPS) is 20.3. The van der Waals surface area contributed by atoms with Gasteiger partial charge < -0.3 is 19.7 Å². The van der Waals surface area contributed by atoms with Crippen LogP contribution in [0.25, 0.3) is 0 Å². The van der Waals surface area contributed by atoms with Crippen LogP contribution < -0.4 is 5.32 Å². The van der Waals surface area contributed by atoms with Crippen molar-refractivity contribution >= 4 is 11.8 Å². The molecule has 1 unspecified atom stereocenters. The topological polar surface area (TPSA) is 82.8 Å². The lowest BCUT2D eigenvalue weighted by molar-refractivity contribution is -0.134. The molecule has 2 amide bonds. The fraction of sp³-hybridized carbons (Fsp3) is 0.538. The van der Waals surface area contributed by atoms with Gasteiger partial charge in [0.15, 0.2) is 5.76 Å². The Balaban J connectivity index is 1.94. The van der Waals surface area contributed by atoms with E-state index in [0.717, 1.165) is 12.8 Å². The predicted molar refractivity (Wildman–Crippen MR) is 67.5 cm³/mol. The third-order valence-corrected chi connectivity index (χ3v) is 3.33. The van der Waals surface area contributed by atoms with E-state index in [1.807, 2.05) is 0 Å². The molecule has 0 saturated carbocycles. The molecule has 0 spiro atoms. The molecule has 1 aliphatic rings. The highest BCUT2D eigenvalue weighted by Gasteiger charge is 2.31. The Labute approximate surface area is 111 Å². The number of aliphatic hydroxyl groups excluding tert-OH is 1. The number of nitrogens with one attached hydrogen (secondary N) is 1. The van der Waals surface area contributed by atoms with Gasteiger partial charge in [-0.05, 0) is 31.9 Å². The number of carbonyl (C=O) groups excluding carboxylic acids is 2. The third-order valence-electron chi connectivity index (χ3n) is 3.33. The van der Waals surface area contributed by atoms with Crippen molar-refractivity contribution in [1.82, 2.24) is 10.2 Å². The zero-order valence-electron chi connectivity index (χ0n) is 10.8. The minimum Gasteiger partial charge on any atom is -0.459 e. The minimum absolute atomic E-state index is 0.0371. The maximum Gasteiger partial charge on any atom is 0.287 e. The summed E-state index contributed by atoms with van der Waals surface area (Å²) in [6.45, 7) is 2.23. The van der Waals surface area contributed by atoms with Crippen LogP contribution in [0.4, 0.5) is 0 Å². The Bertz CT molecular complexity index is 444. The molecule has 2 N–H and O–H groups in total. The van der Waals surface area contributed by atoms with Crippen molar-refractivity contribution in [2.24, 2.45) is 0 Å². The van der Waals surface area contributed by atoms with E-state index in [0.29, 0.717) is 6.54 Å². The van der Waals surface area contributed by atoms with Crippen LogP contribution in [-0.4, -0.2) is 47.1 Å². The monoisotopic (exact) mass is 266 g/mol. The zero-order chi connectivity index (χ0) is 13.8. The molecular weight excluding hydrogens is 248 g/mol. The molecule has 2 rings (SSSR count). The zero-order valence-corrected chi connectivity index (χ0v) is 10.8. The minimum atomic E-state index is -0.634. The molecular formula is C13H18N2O4. The van der Waals surface area contributed by atoms with Gasteiger partial charge in [-0.3, -0.25) is 9.59 Å². The number of hydrogen-bond donors (Lipinski definition) is 2. The van der Waals surface area contributed by atoms with Crippen molar-refractivity contribution in [3.63, 3.8) is 0 Å². The van der Waals surface area contributed by atoms with Gasteiger partial charge in [-0.25, -0.2) is 0 Å². The highest BCUT2D eigenvalue weighted by molar-refractivity contribution is 5.95. The lowest BCUT2D eigenvalue weighted by Gasteiger charge is -2.26. The summed E-state index contributed by atoms with van der Waals surface area (Å²) >= 11 is 0. The molecule has 1 aromatic rings. The Morgan fingerprint density at radius 2 is 2.42 bits per heavy atom. The maximum absolute atomic E-state index is 12.2. The number of hydrogen-bond acceptors (Lipinski definition) is 4. The molecule has 104 valence electrons. The van der Waals surface area contributed by atoms with E-state index < -0.39 is 11.9 Å². The van der Waals surface area contributed by atoms with E-state index in [2.05, 4.69) is 5.32 Å². The largest absolute Gasteiger partial charge is 0.459 e. The quantitative estimate of drug-likeness (QED) is 0.825. The van der Waals surface area contributed by atoms with E-state index in [1.54, 1.807) is 24.0 Å². The van der Waals surface area contributed by atoms with Crippen LogP contribution in [-0.2, 0) is 4.79 Å². The molecule has 1 saturated heterocycles. The smallest absolute Gasteiger partial charge is 0.287 e. The number of furan rings is 1. The number of rotatable bonds is 4. The van der Waals surface area contributed by atoms with Gasteiger partial charge in [-0.15, -0.1) is 0 Å². The average molecular weight is 266 g/mol. The van der Waals surface area contributed by atoms with Gasteiger partial charge in [0.2, 0.25) is 5.91 Å². The van der Waals surface area contributed by atoms with Crippen LogP contribution >= 0.6 is 0 Å². The molecule has 6 nitrogen and oxygen atoms in total. The summed E-state index contributed by atoms with van der Waals surface area (Å²) in [5.41, 5.74) is 0. The first-order valence-corrected chi connectivity index (χ1v) is 6.39. The molecule has 6 heteroatoms. The predicted octanol–water partition coefficient (Wildman–Crippen LogP) is 0.381. The first-order valence-electron chi connectivity index (χ1n) is 6.39. The van der Waals surface area contributed by atoms with Crippen LogP contribution in [0.2, 0.25) is 0 Å². The van der Waals surface area contributed by atoms with Crippen LogP contribution in [0.1, 0.15) is 30.3 Å². The summed E-state index contributed by atoms with van der Waals surface area (Å²) in [6.07, 6.45) is 3.10. The molecule has 19 heavy (non-hydrogen) atoms. The molecule has 0 bridgehead atoms. The first kappa shape index (κ1) is 13.6. The second kappa shape index (κ2) is 5.88. The van der Waals surface area contributed by atoms with Crippen molar-refractivity contribution in [3.05, 3.63) is 24.2 Å². The summed E-state index contributed by atoms with van der Waals surface area (Å²) in [4.78, 5) is 25.6. The second-order valence-corrected chi connectivity index (χ2v) is 4.68. The summed E-state index contributed by atoms with van der Waals surface area (Å²) < 4.78 is 4.97. The van der Waals surface area contributed by atoms with Gasteiger partial charge in [0.05, 0.1) is 18.9 Å². The lowest BCUT2D eigenvalue weighted by Crippen LogP contribution is -2.49. The van der Waals surface area contributed by atoms with Crippen LogP contribution in [0.3, 0.4) is 0 Å². The number of likely N-dealkylation sites (tertiary alicyclic amines) is 1. The van der Waals surface area contributed by atoms with Crippen LogP contribution in [0.5, 0.6) is 0 Å². The van der Waals surface area contributed by atoms with Crippen molar-refractivity contribution < 1.29 is 19.1 Å². The Morgan fingerprint density at radius 1 is 1.63 bits per heavy atom. The Hall–Kier alpha value is -1.82. The summed E-state index contributed by atoms with van der Waals surface area (Å²) in [7, 11) is 0. The number of nitrogens with zero attached hydrogens (tertiary/aromatic N) is 1. The van der Waals surface area contributed by atoms with Gasteiger partial charge in [-0.1, -0.05) is 0 Å². The summed E-state index contributed by atoms with van der Waals surface area (Å²) in [5.74, 6) is -0.401. The maximum atomic E-state index is 12.2. The fourth-order valence-corrected chi connectivity index (χ4v) is 2.30. The SMILES string of the molecule is CC(NC(=O)c1ccco1)C(=O)N1CCC[C@H]1CO.